The molecule has 2 rings (SSSR count). The highest BCUT2D eigenvalue weighted by Crippen LogP contribution is 2.27. The summed E-state index contributed by atoms with van der Waals surface area (Å²) in [4.78, 5) is 14.8. The average molecular weight is 237 g/mol. The van der Waals surface area contributed by atoms with E-state index in [0.717, 1.165) is 5.69 Å². The fraction of sp³-hybridized carbons (Fsp3) is 0.462. The van der Waals surface area contributed by atoms with Crippen LogP contribution in [0.15, 0.2) is 16.9 Å². The number of H-pyrrole nitrogens is 1. The molecule has 94 valence electrons. The maximum absolute atomic E-state index is 11.9. The van der Waals surface area contributed by atoms with Gasteiger partial charge in [-0.15, -0.1) is 0 Å². The molecule has 2 unspecified atom stereocenters. The van der Waals surface area contributed by atoms with Crippen LogP contribution in [0, 0.1) is 13.8 Å². The first kappa shape index (κ1) is 13.7. The summed E-state index contributed by atoms with van der Waals surface area (Å²) >= 11 is 0. The van der Waals surface area contributed by atoms with Crippen molar-refractivity contribution in [1.82, 2.24) is 4.98 Å². The van der Waals surface area contributed by atoms with Crippen molar-refractivity contribution >= 4 is 0 Å². The van der Waals surface area contributed by atoms with E-state index in [9.17, 15) is 15.0 Å². The van der Waals surface area contributed by atoms with Crippen LogP contribution in [0.25, 0.3) is 0 Å². The van der Waals surface area contributed by atoms with Crippen LogP contribution in [0.3, 0.4) is 0 Å². The second-order valence-electron chi connectivity index (χ2n) is 3.81. The predicted octanol–water partition coefficient (Wildman–Crippen LogP) is 1.65. The van der Waals surface area contributed by atoms with E-state index in [1.54, 1.807) is 13.8 Å². The highest BCUT2D eigenvalue weighted by molar-refractivity contribution is 5.38. The lowest BCUT2D eigenvalue weighted by Crippen LogP contribution is -2.24. The first-order valence-corrected chi connectivity index (χ1v) is 5.80. The zero-order chi connectivity index (χ0) is 13.2. The fourth-order valence-corrected chi connectivity index (χ4v) is 1.79. The first-order valence-electron chi connectivity index (χ1n) is 5.80. The Morgan fingerprint density at radius 2 is 1.65 bits per heavy atom. The van der Waals surface area contributed by atoms with Crippen molar-refractivity contribution in [3.8, 4) is 0 Å². The van der Waals surface area contributed by atoms with Gasteiger partial charge >= 0.3 is 0 Å². The van der Waals surface area contributed by atoms with Gasteiger partial charge in [-0.2, -0.15) is 0 Å². The van der Waals surface area contributed by atoms with Gasteiger partial charge in [0, 0.05) is 11.3 Å². The van der Waals surface area contributed by atoms with Gasteiger partial charge in [-0.05, 0) is 13.8 Å². The van der Waals surface area contributed by atoms with Crippen molar-refractivity contribution in [2.24, 2.45) is 0 Å². The van der Waals surface area contributed by atoms with Crippen LogP contribution in [0.4, 0.5) is 0 Å². The monoisotopic (exact) mass is 237 g/mol. The van der Waals surface area contributed by atoms with Crippen molar-refractivity contribution in [2.75, 3.05) is 0 Å². The van der Waals surface area contributed by atoms with Crippen LogP contribution in [0.1, 0.15) is 48.6 Å². The average Bonchev–Trinajstić information content (AvgIpc) is 2.33. The van der Waals surface area contributed by atoms with E-state index in [-0.39, 0.29) is 11.0 Å². The quantitative estimate of drug-likeness (QED) is 0.601. The molecular formula is C13H19NO3. The Kier molecular flexibility index (Phi) is 4.26. The minimum atomic E-state index is -0.925. The van der Waals surface area contributed by atoms with Crippen LogP contribution in [-0.2, 0) is 0 Å². The minimum absolute atomic E-state index is 0.197. The van der Waals surface area contributed by atoms with Crippen molar-refractivity contribution in [2.45, 2.75) is 39.9 Å². The van der Waals surface area contributed by atoms with Crippen LogP contribution in [0.5, 0.6) is 0 Å². The second kappa shape index (κ2) is 5.29. The highest BCUT2D eigenvalue weighted by atomic mass is 16.3. The van der Waals surface area contributed by atoms with E-state index < -0.39 is 12.2 Å². The van der Waals surface area contributed by atoms with Gasteiger partial charge in [0.2, 0.25) is 0 Å². The summed E-state index contributed by atoms with van der Waals surface area (Å²) in [6, 6.07) is 0. The lowest BCUT2D eigenvalue weighted by Gasteiger charge is -2.21. The molecule has 0 radical (unpaired) electrons. The molecular weight excluding hydrogens is 218 g/mol. The van der Waals surface area contributed by atoms with Crippen LogP contribution in [0.2, 0.25) is 0 Å². The summed E-state index contributed by atoms with van der Waals surface area (Å²) in [6.07, 6.45) is 1.14. The number of aryl methyl sites for hydroxylation is 1. The number of aliphatic hydroxyl groups is 2. The maximum Gasteiger partial charge on any atom is 0.191 e. The molecule has 2 atom stereocenters. The predicted molar refractivity (Wildman–Crippen MR) is 66.9 cm³/mol. The molecule has 0 amide bonds. The molecule has 0 fully saturated rings. The molecule has 0 saturated carbocycles. The van der Waals surface area contributed by atoms with Crippen LogP contribution in [-0.4, -0.2) is 15.2 Å². The topological polar surface area (TPSA) is 73.3 Å². The molecule has 3 N–H and O–H groups in total. The standard InChI is InChI=1S/C11H13NO3.C2H6/c1-5-6(2)12-10-8(14)4-3-7(13)9(10)11(5)15;1-2/h3-4,7-8,13-14H,1-2H3,(H,12,15);1-2H3. The van der Waals surface area contributed by atoms with Crippen LogP contribution >= 0.6 is 0 Å². The number of aromatic nitrogens is 1. The van der Waals surface area contributed by atoms with Gasteiger partial charge in [0.15, 0.2) is 5.43 Å². The number of nitrogens with one attached hydrogen (secondary N) is 1. The normalized spacial score (nSPS) is 21.5. The van der Waals surface area contributed by atoms with Crippen molar-refractivity contribution in [3.63, 3.8) is 0 Å². The van der Waals surface area contributed by atoms with Gasteiger partial charge in [-0.1, -0.05) is 26.0 Å². The molecule has 4 heteroatoms. The lowest BCUT2D eigenvalue weighted by molar-refractivity contribution is 0.183. The molecule has 1 aliphatic rings. The summed E-state index contributed by atoms with van der Waals surface area (Å²) < 4.78 is 0. The van der Waals surface area contributed by atoms with Crippen molar-refractivity contribution < 1.29 is 10.2 Å². The number of fused-ring (bicyclic) bond motifs is 1. The Morgan fingerprint density at radius 3 is 2.24 bits per heavy atom. The largest absolute Gasteiger partial charge is 0.384 e. The third kappa shape index (κ3) is 2.33. The Labute approximate surface area is 101 Å². The third-order valence-electron chi connectivity index (χ3n) is 2.83. The minimum Gasteiger partial charge on any atom is -0.384 e. The number of aliphatic hydroxyl groups excluding tert-OH is 2. The van der Waals surface area contributed by atoms with Crippen molar-refractivity contribution in [1.29, 1.82) is 0 Å². The van der Waals surface area contributed by atoms with E-state index >= 15 is 0 Å². The molecule has 0 saturated heterocycles. The lowest BCUT2D eigenvalue weighted by atomic mass is 9.95. The smallest absolute Gasteiger partial charge is 0.191 e. The molecule has 0 aliphatic heterocycles. The van der Waals surface area contributed by atoms with E-state index in [1.165, 1.54) is 12.2 Å². The molecule has 0 bridgehead atoms. The zero-order valence-electron chi connectivity index (χ0n) is 10.6. The summed E-state index contributed by atoms with van der Waals surface area (Å²) in [5.74, 6) is 0. The van der Waals surface area contributed by atoms with Gasteiger partial charge < -0.3 is 15.2 Å². The molecule has 0 spiro atoms. The highest BCUT2D eigenvalue weighted by Gasteiger charge is 2.24. The number of pyridine rings is 1. The van der Waals surface area contributed by atoms with E-state index in [0.29, 0.717) is 11.3 Å². The van der Waals surface area contributed by atoms with Crippen LogP contribution < -0.4 is 5.43 Å². The molecule has 1 aromatic heterocycles. The molecule has 1 aliphatic carbocycles. The number of hydrogen-bond acceptors (Lipinski definition) is 3. The van der Waals surface area contributed by atoms with E-state index in [1.807, 2.05) is 13.8 Å². The SMILES string of the molecule is CC.Cc1[nH]c2c(c(=O)c1C)C(O)C=CC2O. The van der Waals surface area contributed by atoms with Gasteiger partial charge in [0.25, 0.3) is 0 Å². The number of hydrogen-bond donors (Lipinski definition) is 3. The summed E-state index contributed by atoms with van der Waals surface area (Å²) in [5, 5.41) is 19.3. The third-order valence-corrected chi connectivity index (χ3v) is 2.83. The molecule has 17 heavy (non-hydrogen) atoms. The van der Waals surface area contributed by atoms with Gasteiger partial charge in [0.1, 0.15) is 12.2 Å². The fourth-order valence-electron chi connectivity index (χ4n) is 1.79. The molecule has 1 heterocycles. The Bertz CT molecular complexity index is 488. The summed E-state index contributed by atoms with van der Waals surface area (Å²) in [5.41, 5.74) is 1.76. The first-order chi connectivity index (χ1) is 8.02. The molecule has 4 nitrogen and oxygen atoms in total. The second-order valence-corrected chi connectivity index (χ2v) is 3.81. The zero-order valence-corrected chi connectivity index (χ0v) is 10.6. The molecule has 0 aromatic carbocycles. The number of rotatable bonds is 0. The number of aromatic amines is 1. The van der Waals surface area contributed by atoms with Crippen molar-refractivity contribution in [3.05, 3.63) is 44.9 Å². The van der Waals surface area contributed by atoms with Gasteiger partial charge in [-0.3, -0.25) is 4.79 Å². The van der Waals surface area contributed by atoms with Gasteiger partial charge in [0.05, 0.1) is 11.3 Å². The summed E-state index contributed by atoms with van der Waals surface area (Å²) in [6.45, 7) is 7.47. The summed E-state index contributed by atoms with van der Waals surface area (Å²) in [7, 11) is 0. The van der Waals surface area contributed by atoms with Gasteiger partial charge in [-0.25, -0.2) is 0 Å². The van der Waals surface area contributed by atoms with E-state index in [4.69, 9.17) is 0 Å². The molecule has 1 aromatic rings. The Hall–Kier alpha value is -1.39. The Morgan fingerprint density at radius 1 is 1.12 bits per heavy atom. The van der Waals surface area contributed by atoms with E-state index in [2.05, 4.69) is 4.98 Å². The Balaban J connectivity index is 0.000000686. The maximum atomic E-state index is 11.9.